The second-order valence-electron chi connectivity index (χ2n) is 4.00. The molecule has 0 fully saturated rings. The minimum Gasteiger partial charge on any atom is -0.481 e. The monoisotopic (exact) mass is 256 g/mol. The molecule has 0 aliphatic heterocycles. The Kier molecular flexibility index (Phi) is 4.59. The SMILES string of the molecule is CC(CNc1ccc(F)cc1[N+](=O)[O-])CC(=O)O. The van der Waals surface area contributed by atoms with Crippen LogP contribution in [0.15, 0.2) is 18.2 Å². The predicted molar refractivity (Wildman–Crippen MR) is 63.0 cm³/mol. The molecule has 0 saturated carbocycles. The number of carboxylic acid groups (broad SMARTS) is 1. The van der Waals surface area contributed by atoms with E-state index in [1.54, 1.807) is 6.92 Å². The highest BCUT2D eigenvalue weighted by atomic mass is 19.1. The quantitative estimate of drug-likeness (QED) is 0.601. The molecule has 1 aromatic rings. The third kappa shape index (κ3) is 4.00. The van der Waals surface area contributed by atoms with Gasteiger partial charge in [-0.3, -0.25) is 14.9 Å². The second kappa shape index (κ2) is 5.95. The van der Waals surface area contributed by atoms with Crippen molar-refractivity contribution in [1.29, 1.82) is 0 Å². The highest BCUT2D eigenvalue weighted by Gasteiger charge is 2.15. The second-order valence-corrected chi connectivity index (χ2v) is 4.00. The van der Waals surface area contributed by atoms with Crippen LogP contribution < -0.4 is 5.32 Å². The van der Waals surface area contributed by atoms with Crippen molar-refractivity contribution >= 4 is 17.3 Å². The van der Waals surface area contributed by atoms with Crippen LogP contribution in [0.4, 0.5) is 15.8 Å². The Morgan fingerprint density at radius 2 is 2.28 bits per heavy atom. The van der Waals surface area contributed by atoms with Gasteiger partial charge < -0.3 is 10.4 Å². The summed E-state index contributed by atoms with van der Waals surface area (Å²) in [6.07, 6.45) is -0.0397. The minimum absolute atomic E-state index is 0.0397. The zero-order valence-corrected chi connectivity index (χ0v) is 9.72. The van der Waals surface area contributed by atoms with E-state index in [9.17, 15) is 19.3 Å². The van der Waals surface area contributed by atoms with Gasteiger partial charge >= 0.3 is 5.97 Å². The predicted octanol–water partition coefficient (Wildman–Crippen LogP) is 2.26. The largest absolute Gasteiger partial charge is 0.481 e. The smallest absolute Gasteiger partial charge is 0.303 e. The number of hydrogen-bond donors (Lipinski definition) is 2. The van der Waals surface area contributed by atoms with E-state index in [0.29, 0.717) is 0 Å². The molecule has 1 atom stereocenters. The number of nitro benzene ring substituents is 1. The highest BCUT2D eigenvalue weighted by molar-refractivity contribution is 5.67. The summed E-state index contributed by atoms with van der Waals surface area (Å²) >= 11 is 0. The normalized spacial score (nSPS) is 11.9. The lowest BCUT2D eigenvalue weighted by Gasteiger charge is -2.11. The average Bonchev–Trinajstić information content (AvgIpc) is 2.26. The lowest BCUT2D eigenvalue weighted by molar-refractivity contribution is -0.384. The fourth-order valence-corrected chi connectivity index (χ4v) is 1.46. The van der Waals surface area contributed by atoms with E-state index in [0.717, 1.165) is 12.1 Å². The number of halogens is 1. The standard InChI is InChI=1S/C11H13FN2O4/c1-7(4-11(15)16)6-13-9-3-2-8(12)5-10(9)14(17)18/h2-3,5,7,13H,4,6H2,1H3,(H,15,16). The van der Waals surface area contributed by atoms with E-state index < -0.39 is 16.7 Å². The number of hydrogen-bond acceptors (Lipinski definition) is 4. The molecule has 1 aromatic carbocycles. The topological polar surface area (TPSA) is 92.5 Å². The molecule has 0 spiro atoms. The van der Waals surface area contributed by atoms with Gasteiger partial charge in [0.1, 0.15) is 11.5 Å². The van der Waals surface area contributed by atoms with Gasteiger partial charge in [-0.05, 0) is 18.1 Å². The number of rotatable bonds is 6. The van der Waals surface area contributed by atoms with Crippen molar-refractivity contribution in [2.45, 2.75) is 13.3 Å². The van der Waals surface area contributed by atoms with Crippen LogP contribution in [0.2, 0.25) is 0 Å². The summed E-state index contributed by atoms with van der Waals surface area (Å²) in [5.41, 5.74) is -0.184. The Hall–Kier alpha value is -2.18. The van der Waals surface area contributed by atoms with Crippen LogP contribution in [0.1, 0.15) is 13.3 Å². The maximum atomic E-state index is 12.9. The highest BCUT2D eigenvalue weighted by Crippen LogP contribution is 2.25. The number of nitro groups is 1. The summed E-state index contributed by atoms with van der Waals surface area (Å²) in [5.74, 6) is -1.81. The summed E-state index contributed by atoms with van der Waals surface area (Å²) in [7, 11) is 0. The van der Waals surface area contributed by atoms with Crippen LogP contribution in [-0.4, -0.2) is 22.5 Å². The molecule has 0 heterocycles. The van der Waals surface area contributed by atoms with Crippen molar-refractivity contribution < 1.29 is 19.2 Å². The van der Waals surface area contributed by atoms with Gasteiger partial charge in [0.25, 0.3) is 5.69 Å². The molecule has 1 unspecified atom stereocenters. The van der Waals surface area contributed by atoms with E-state index >= 15 is 0 Å². The third-order valence-electron chi connectivity index (χ3n) is 2.32. The molecule has 0 amide bonds. The third-order valence-corrected chi connectivity index (χ3v) is 2.32. The van der Waals surface area contributed by atoms with Crippen LogP contribution >= 0.6 is 0 Å². The zero-order chi connectivity index (χ0) is 13.7. The maximum absolute atomic E-state index is 12.9. The maximum Gasteiger partial charge on any atom is 0.303 e. The molecule has 0 aliphatic rings. The first-order valence-electron chi connectivity index (χ1n) is 5.29. The number of carbonyl (C=O) groups is 1. The van der Waals surface area contributed by atoms with Crippen molar-refractivity contribution in [1.82, 2.24) is 0 Å². The first kappa shape index (κ1) is 13.9. The molecular weight excluding hydrogens is 243 g/mol. The van der Waals surface area contributed by atoms with Gasteiger partial charge in [0, 0.05) is 13.0 Å². The fourth-order valence-electron chi connectivity index (χ4n) is 1.46. The number of benzene rings is 1. The Morgan fingerprint density at radius 1 is 1.61 bits per heavy atom. The van der Waals surface area contributed by atoms with Gasteiger partial charge in [-0.15, -0.1) is 0 Å². The summed E-state index contributed by atoms with van der Waals surface area (Å²) in [6.45, 7) is 1.97. The van der Waals surface area contributed by atoms with Gasteiger partial charge in [0.15, 0.2) is 0 Å². The van der Waals surface area contributed by atoms with Crippen molar-refractivity contribution in [2.24, 2.45) is 5.92 Å². The molecular formula is C11H13FN2O4. The molecule has 18 heavy (non-hydrogen) atoms. The minimum atomic E-state index is -0.932. The first-order chi connectivity index (χ1) is 8.40. The number of nitrogens with zero attached hydrogens (tertiary/aromatic N) is 1. The van der Waals surface area contributed by atoms with Crippen LogP contribution in [0.25, 0.3) is 0 Å². The molecule has 1 rings (SSSR count). The lowest BCUT2D eigenvalue weighted by atomic mass is 10.1. The summed E-state index contributed by atoms with van der Waals surface area (Å²) < 4.78 is 12.9. The van der Waals surface area contributed by atoms with E-state index in [-0.39, 0.29) is 30.3 Å². The van der Waals surface area contributed by atoms with E-state index in [2.05, 4.69) is 5.32 Å². The molecule has 6 nitrogen and oxygen atoms in total. The summed E-state index contributed by atoms with van der Waals surface area (Å²) in [5, 5.41) is 22.0. The van der Waals surface area contributed by atoms with Crippen LogP contribution in [-0.2, 0) is 4.79 Å². The van der Waals surface area contributed by atoms with Gasteiger partial charge in [-0.25, -0.2) is 4.39 Å². The van der Waals surface area contributed by atoms with Crippen molar-refractivity contribution in [2.75, 3.05) is 11.9 Å². The van der Waals surface area contributed by atoms with Gasteiger partial charge in [-0.2, -0.15) is 0 Å². The number of carboxylic acids is 1. The van der Waals surface area contributed by atoms with E-state index in [4.69, 9.17) is 5.11 Å². The molecule has 0 bridgehead atoms. The molecule has 7 heteroatoms. The average molecular weight is 256 g/mol. The Bertz CT molecular complexity index is 464. The molecule has 0 aromatic heterocycles. The fraction of sp³-hybridized carbons (Fsp3) is 0.364. The lowest BCUT2D eigenvalue weighted by Crippen LogP contribution is -2.15. The van der Waals surface area contributed by atoms with Gasteiger partial charge in [0.2, 0.25) is 0 Å². The van der Waals surface area contributed by atoms with Crippen LogP contribution in [0, 0.1) is 21.8 Å². The molecule has 0 radical (unpaired) electrons. The Balaban J connectivity index is 2.72. The molecule has 0 saturated heterocycles. The number of nitrogens with one attached hydrogen (secondary N) is 1. The number of aliphatic carboxylic acids is 1. The first-order valence-corrected chi connectivity index (χ1v) is 5.29. The van der Waals surface area contributed by atoms with E-state index in [1.807, 2.05) is 0 Å². The van der Waals surface area contributed by atoms with Crippen LogP contribution in [0.5, 0.6) is 0 Å². The van der Waals surface area contributed by atoms with Gasteiger partial charge in [0.05, 0.1) is 11.0 Å². The van der Waals surface area contributed by atoms with Crippen molar-refractivity contribution in [3.8, 4) is 0 Å². The van der Waals surface area contributed by atoms with Crippen molar-refractivity contribution in [3.05, 3.63) is 34.1 Å². The molecule has 98 valence electrons. The Morgan fingerprint density at radius 3 is 2.83 bits per heavy atom. The summed E-state index contributed by atoms with van der Waals surface area (Å²) in [6, 6.07) is 3.20. The summed E-state index contributed by atoms with van der Waals surface area (Å²) in [4.78, 5) is 20.5. The Labute approximate surface area is 103 Å². The van der Waals surface area contributed by atoms with Crippen LogP contribution in [0.3, 0.4) is 0 Å². The van der Waals surface area contributed by atoms with Gasteiger partial charge in [-0.1, -0.05) is 6.92 Å². The number of anilines is 1. The molecule has 2 N–H and O–H groups in total. The zero-order valence-electron chi connectivity index (χ0n) is 9.72. The molecule has 0 aliphatic carbocycles. The van der Waals surface area contributed by atoms with Crippen molar-refractivity contribution in [3.63, 3.8) is 0 Å². The van der Waals surface area contributed by atoms with E-state index in [1.165, 1.54) is 6.07 Å².